The van der Waals surface area contributed by atoms with Crippen LogP contribution in [0.4, 0.5) is 11.4 Å². The Kier molecular flexibility index (Phi) is 5.56. The van der Waals surface area contributed by atoms with Gasteiger partial charge in [-0.15, -0.1) is 11.3 Å². The van der Waals surface area contributed by atoms with Gasteiger partial charge in [0.25, 0.3) is 5.91 Å². The Morgan fingerprint density at radius 2 is 2.06 bits per heavy atom. The maximum absolute atomic E-state index is 13.0. The fraction of sp³-hybridized carbons (Fsp3) is 0.273. The van der Waals surface area contributed by atoms with Crippen LogP contribution in [0.1, 0.15) is 9.80 Å². The lowest BCUT2D eigenvalue weighted by molar-refractivity contribution is 0.102. The lowest BCUT2D eigenvalue weighted by Gasteiger charge is -2.30. The first-order valence-electron chi connectivity index (χ1n) is 10.5. The van der Waals surface area contributed by atoms with Crippen LogP contribution in [-0.4, -0.2) is 58.3 Å². The van der Waals surface area contributed by atoms with Crippen LogP contribution in [0.15, 0.2) is 46.8 Å². The summed E-state index contributed by atoms with van der Waals surface area (Å²) in [4.78, 5) is 36.8. The highest BCUT2D eigenvalue weighted by Crippen LogP contribution is 2.28. The van der Waals surface area contributed by atoms with Gasteiger partial charge in [-0.3, -0.25) is 14.3 Å². The van der Waals surface area contributed by atoms with Gasteiger partial charge in [-0.05, 0) is 18.2 Å². The molecule has 1 aromatic carbocycles. The molecule has 11 heteroatoms. The molecule has 4 heterocycles. The molecule has 3 aromatic heterocycles. The molecule has 10 nitrogen and oxygen atoms in total. The lowest BCUT2D eigenvalue weighted by atomic mass is 10.2. The van der Waals surface area contributed by atoms with Crippen molar-refractivity contribution in [3.05, 3.63) is 57.5 Å². The minimum absolute atomic E-state index is 0.256. The highest BCUT2D eigenvalue weighted by Gasteiger charge is 2.21. The molecule has 5 rings (SSSR count). The van der Waals surface area contributed by atoms with Crippen LogP contribution < -0.4 is 26.0 Å². The van der Waals surface area contributed by atoms with Gasteiger partial charge < -0.3 is 20.3 Å². The van der Waals surface area contributed by atoms with Crippen molar-refractivity contribution in [2.24, 2.45) is 7.05 Å². The Labute approximate surface area is 193 Å². The van der Waals surface area contributed by atoms with E-state index < -0.39 is 0 Å². The number of rotatable bonds is 5. The number of benzene rings is 1. The van der Waals surface area contributed by atoms with Crippen LogP contribution in [0.3, 0.4) is 0 Å². The number of hydrogen-bond acceptors (Lipinski definition) is 8. The van der Waals surface area contributed by atoms with E-state index in [9.17, 15) is 9.59 Å². The number of aromatic nitrogens is 4. The zero-order valence-corrected chi connectivity index (χ0v) is 19.1. The number of pyridine rings is 1. The van der Waals surface area contributed by atoms with Gasteiger partial charge in [0.2, 0.25) is 0 Å². The summed E-state index contributed by atoms with van der Waals surface area (Å²) in [6, 6.07) is 7.35. The number of fused-ring (bicyclic) bond motifs is 1. The molecule has 0 atom stereocenters. The lowest BCUT2D eigenvalue weighted by Crippen LogP contribution is -2.43. The van der Waals surface area contributed by atoms with E-state index in [1.165, 1.54) is 20.5 Å². The molecule has 0 bridgehead atoms. The van der Waals surface area contributed by atoms with E-state index in [0.717, 1.165) is 31.9 Å². The average Bonchev–Trinajstić information content (AvgIpc) is 3.43. The summed E-state index contributed by atoms with van der Waals surface area (Å²) in [7, 11) is 3.25. The number of amides is 1. The van der Waals surface area contributed by atoms with E-state index >= 15 is 0 Å². The summed E-state index contributed by atoms with van der Waals surface area (Å²) in [5.74, 6) is 0.639. The largest absolute Gasteiger partial charge is 0.494 e. The molecule has 1 amide bonds. The zero-order valence-electron chi connectivity index (χ0n) is 18.2. The minimum atomic E-state index is -0.346. The quantitative estimate of drug-likeness (QED) is 0.463. The fourth-order valence-corrected chi connectivity index (χ4v) is 4.76. The van der Waals surface area contributed by atoms with E-state index in [1.807, 2.05) is 18.2 Å². The number of anilines is 2. The Morgan fingerprint density at radius 1 is 1.24 bits per heavy atom. The number of thiazole rings is 1. The van der Waals surface area contributed by atoms with Gasteiger partial charge in [0.05, 0.1) is 30.2 Å². The minimum Gasteiger partial charge on any atom is -0.494 e. The molecular weight excluding hydrogens is 442 g/mol. The number of piperazine rings is 1. The number of imidazole rings is 1. The van der Waals surface area contributed by atoms with Crippen LogP contribution >= 0.6 is 11.3 Å². The second-order valence-electron chi connectivity index (χ2n) is 7.60. The first-order valence-corrected chi connectivity index (χ1v) is 11.4. The van der Waals surface area contributed by atoms with Crippen molar-refractivity contribution in [2.75, 3.05) is 43.5 Å². The van der Waals surface area contributed by atoms with Gasteiger partial charge in [-0.1, -0.05) is 6.07 Å². The van der Waals surface area contributed by atoms with Crippen molar-refractivity contribution in [3.63, 3.8) is 0 Å². The number of nitrogens with zero attached hydrogens (tertiary/aromatic N) is 5. The first kappa shape index (κ1) is 21.2. The smallest absolute Gasteiger partial charge is 0.334 e. The average molecular weight is 466 g/mol. The Balaban J connectivity index is 1.46. The number of ether oxygens (including phenoxy) is 1. The topological polar surface area (TPSA) is 106 Å². The summed E-state index contributed by atoms with van der Waals surface area (Å²) in [6.07, 6.45) is 3.36. The number of nitrogens with one attached hydrogen (secondary N) is 2. The molecule has 170 valence electrons. The highest BCUT2D eigenvalue weighted by molar-refractivity contribution is 7.12. The molecule has 0 unspecified atom stereocenters. The maximum atomic E-state index is 13.0. The molecule has 1 fully saturated rings. The van der Waals surface area contributed by atoms with Crippen LogP contribution in [0, 0.1) is 0 Å². The summed E-state index contributed by atoms with van der Waals surface area (Å²) >= 11 is 1.18. The third-order valence-electron chi connectivity index (χ3n) is 5.67. The van der Waals surface area contributed by atoms with E-state index in [0.29, 0.717) is 28.3 Å². The SMILES string of the molecule is COc1cccc2c1n(C)c(=O)n2-c1csc(C(=O)Nc2cnccc2N2CCNCC2)n1. The number of hydrogen-bond donors (Lipinski definition) is 2. The van der Waals surface area contributed by atoms with E-state index in [-0.39, 0.29) is 16.6 Å². The summed E-state index contributed by atoms with van der Waals surface area (Å²) in [6.45, 7) is 3.47. The number of aryl methyl sites for hydroxylation is 1. The zero-order chi connectivity index (χ0) is 22.9. The molecule has 4 aromatic rings. The predicted molar refractivity (Wildman–Crippen MR) is 128 cm³/mol. The number of para-hydroxylation sites is 1. The normalized spacial score (nSPS) is 13.9. The molecule has 1 saturated heterocycles. The Hall–Kier alpha value is -3.70. The summed E-state index contributed by atoms with van der Waals surface area (Å²) < 4.78 is 8.42. The van der Waals surface area contributed by atoms with Crippen molar-refractivity contribution in [1.29, 1.82) is 0 Å². The van der Waals surface area contributed by atoms with Gasteiger partial charge in [0, 0.05) is 44.8 Å². The molecule has 0 saturated carbocycles. The van der Waals surface area contributed by atoms with Gasteiger partial charge in [-0.2, -0.15) is 0 Å². The third-order valence-corrected chi connectivity index (χ3v) is 6.50. The molecule has 33 heavy (non-hydrogen) atoms. The van der Waals surface area contributed by atoms with Gasteiger partial charge in [0.1, 0.15) is 11.3 Å². The van der Waals surface area contributed by atoms with Crippen molar-refractivity contribution >= 4 is 39.7 Å². The molecule has 1 aliphatic rings. The van der Waals surface area contributed by atoms with Crippen molar-refractivity contribution in [2.45, 2.75) is 0 Å². The number of carbonyl (C=O) groups excluding carboxylic acids is 1. The summed E-state index contributed by atoms with van der Waals surface area (Å²) in [5, 5.41) is 8.22. The van der Waals surface area contributed by atoms with Gasteiger partial charge >= 0.3 is 5.69 Å². The molecule has 0 radical (unpaired) electrons. The van der Waals surface area contributed by atoms with Crippen molar-refractivity contribution < 1.29 is 9.53 Å². The molecule has 0 aliphatic carbocycles. The third kappa shape index (κ3) is 3.74. The van der Waals surface area contributed by atoms with E-state index in [4.69, 9.17) is 4.74 Å². The fourth-order valence-electron chi connectivity index (χ4n) is 4.08. The van der Waals surface area contributed by atoms with Gasteiger partial charge in [-0.25, -0.2) is 14.3 Å². The standard InChI is InChI=1S/C22H23N7O3S/c1-27-19-16(4-3-5-17(19)32-2)29(22(27)31)18-13-33-21(26-18)20(30)25-14-12-24-7-6-15(14)28-10-8-23-9-11-28/h3-7,12-13,23H,8-11H2,1-2H3,(H,25,30). The van der Waals surface area contributed by atoms with Crippen molar-refractivity contribution in [3.8, 4) is 11.6 Å². The maximum Gasteiger partial charge on any atom is 0.334 e. The van der Waals surface area contributed by atoms with Crippen LogP contribution in [0.2, 0.25) is 0 Å². The second kappa shape index (κ2) is 8.68. The molecule has 1 aliphatic heterocycles. The van der Waals surface area contributed by atoms with Crippen molar-refractivity contribution in [1.82, 2.24) is 24.4 Å². The number of methoxy groups -OCH3 is 1. The summed E-state index contributed by atoms with van der Waals surface area (Å²) in [5.41, 5.74) is 2.62. The molecule has 2 N–H and O–H groups in total. The predicted octanol–water partition coefficient (Wildman–Crippen LogP) is 1.85. The monoisotopic (exact) mass is 465 g/mol. The van der Waals surface area contributed by atoms with Crippen LogP contribution in [0.25, 0.3) is 16.9 Å². The van der Waals surface area contributed by atoms with E-state index in [1.54, 1.807) is 38.0 Å². The van der Waals surface area contributed by atoms with Crippen LogP contribution in [0.5, 0.6) is 5.75 Å². The molecule has 0 spiro atoms. The van der Waals surface area contributed by atoms with E-state index in [2.05, 4.69) is 25.5 Å². The van der Waals surface area contributed by atoms with Crippen LogP contribution in [-0.2, 0) is 7.05 Å². The second-order valence-corrected chi connectivity index (χ2v) is 8.46. The number of carbonyl (C=O) groups is 1. The first-order chi connectivity index (χ1) is 16.1. The van der Waals surface area contributed by atoms with Gasteiger partial charge in [0.15, 0.2) is 10.8 Å². The highest BCUT2D eigenvalue weighted by atomic mass is 32.1. The Bertz CT molecular complexity index is 1380. The Morgan fingerprint density at radius 3 is 2.85 bits per heavy atom. The molecular formula is C22H23N7O3S.